The molecule has 0 aromatic heterocycles. The van der Waals surface area contributed by atoms with Gasteiger partial charge in [0.2, 0.25) is 0 Å². The zero-order chi connectivity index (χ0) is 62.6. The molecule has 0 aliphatic carbocycles. The number of esters is 2. The molecule has 0 aromatic carbocycles. The van der Waals surface area contributed by atoms with E-state index in [1.807, 2.05) is 21.1 Å². The lowest BCUT2D eigenvalue weighted by Gasteiger charge is -2.28. The van der Waals surface area contributed by atoms with Crippen molar-refractivity contribution < 1.29 is 42.1 Å². The van der Waals surface area contributed by atoms with Crippen LogP contribution in [0, 0.1) is 0 Å². The van der Waals surface area contributed by atoms with Gasteiger partial charge in [-0.05, 0) is 103 Å². The topological polar surface area (TPSA) is 111 Å². The van der Waals surface area contributed by atoms with Crippen molar-refractivity contribution in [3.63, 3.8) is 0 Å². The molecule has 0 aliphatic heterocycles. The Morgan fingerprint density at radius 2 is 0.663 bits per heavy atom. The Labute approximate surface area is 531 Å². The number of likely N-dealkylation sites (N-methyl/N-ethyl adjacent to an activating group) is 1. The fourth-order valence-corrected chi connectivity index (χ4v) is 10.6. The third-order valence-corrected chi connectivity index (χ3v) is 16.2. The van der Waals surface area contributed by atoms with E-state index in [-0.39, 0.29) is 32.0 Å². The van der Waals surface area contributed by atoms with Gasteiger partial charge in [0.15, 0.2) is 6.10 Å². The van der Waals surface area contributed by atoms with Gasteiger partial charge in [0.1, 0.15) is 19.8 Å². The number of quaternary nitrogens is 1. The smallest absolute Gasteiger partial charge is 0.306 e. The van der Waals surface area contributed by atoms with Crippen LogP contribution >= 0.6 is 7.82 Å². The number of phosphoric acid groups is 1. The van der Waals surface area contributed by atoms with E-state index in [1.165, 1.54) is 180 Å². The van der Waals surface area contributed by atoms with Crippen LogP contribution in [0.1, 0.15) is 309 Å². The summed E-state index contributed by atoms with van der Waals surface area (Å²) in [6, 6.07) is 0. The minimum absolute atomic E-state index is 0.0364. The van der Waals surface area contributed by atoms with Crippen LogP contribution in [-0.2, 0) is 32.7 Å². The first-order valence-corrected chi connectivity index (χ1v) is 37.1. The van der Waals surface area contributed by atoms with Gasteiger partial charge < -0.3 is 27.9 Å². The Bertz CT molecular complexity index is 1820. The number of ether oxygens (including phenoxy) is 2. The van der Waals surface area contributed by atoms with Crippen molar-refractivity contribution in [2.45, 2.75) is 315 Å². The molecule has 496 valence electrons. The van der Waals surface area contributed by atoms with Crippen LogP contribution in [-0.4, -0.2) is 70.0 Å². The lowest BCUT2D eigenvalue weighted by atomic mass is 10.0. The molecule has 10 heteroatoms. The van der Waals surface area contributed by atoms with E-state index in [9.17, 15) is 19.0 Å². The molecule has 0 heterocycles. The van der Waals surface area contributed by atoms with Gasteiger partial charge in [-0.1, -0.05) is 303 Å². The van der Waals surface area contributed by atoms with Crippen molar-refractivity contribution in [2.75, 3.05) is 47.5 Å². The molecule has 2 atom stereocenters. The summed E-state index contributed by atoms with van der Waals surface area (Å²) in [4.78, 5) is 38.1. The average molecular weight is 1220 g/mol. The van der Waals surface area contributed by atoms with E-state index in [0.717, 1.165) is 96.3 Å². The van der Waals surface area contributed by atoms with E-state index in [4.69, 9.17) is 18.5 Å². The van der Waals surface area contributed by atoms with E-state index >= 15 is 0 Å². The molecule has 0 rings (SSSR count). The lowest BCUT2D eigenvalue weighted by Crippen LogP contribution is -2.37. The second kappa shape index (κ2) is 66.1. The average Bonchev–Trinajstić information content (AvgIpc) is 3.70. The number of hydrogen-bond donors (Lipinski definition) is 0. The van der Waals surface area contributed by atoms with Gasteiger partial charge in [0, 0.05) is 12.8 Å². The zero-order valence-electron chi connectivity index (χ0n) is 56.5. The van der Waals surface area contributed by atoms with Gasteiger partial charge in [-0.3, -0.25) is 14.2 Å². The first-order chi connectivity index (χ1) is 42.0. The number of carbonyl (C=O) groups excluding carboxylic acids is 2. The van der Waals surface area contributed by atoms with Crippen LogP contribution in [0.4, 0.5) is 0 Å². The second-order valence-electron chi connectivity index (χ2n) is 24.9. The summed E-state index contributed by atoms with van der Waals surface area (Å²) in [6.07, 6.45) is 93.1. The molecule has 0 radical (unpaired) electrons. The van der Waals surface area contributed by atoms with Crippen molar-refractivity contribution in [1.82, 2.24) is 0 Å². The summed E-state index contributed by atoms with van der Waals surface area (Å²) >= 11 is 0. The highest BCUT2D eigenvalue weighted by Crippen LogP contribution is 2.38. The number of carbonyl (C=O) groups is 2. The molecule has 0 saturated carbocycles. The van der Waals surface area contributed by atoms with Crippen LogP contribution in [0.15, 0.2) is 109 Å². The number of phosphoric ester groups is 1. The molecule has 0 aliphatic rings. The molecule has 0 N–H and O–H groups in total. The molecule has 0 amide bonds. The summed E-state index contributed by atoms with van der Waals surface area (Å²) in [6.45, 7) is 4.14. The van der Waals surface area contributed by atoms with Gasteiger partial charge in [0.25, 0.3) is 7.82 Å². The Balaban J connectivity index is 4.09. The van der Waals surface area contributed by atoms with Gasteiger partial charge in [-0.2, -0.15) is 0 Å². The van der Waals surface area contributed by atoms with Gasteiger partial charge in [0.05, 0.1) is 27.7 Å². The molecule has 0 spiro atoms. The van der Waals surface area contributed by atoms with Gasteiger partial charge in [-0.15, -0.1) is 0 Å². The van der Waals surface area contributed by atoms with Crippen LogP contribution in [0.25, 0.3) is 0 Å². The van der Waals surface area contributed by atoms with E-state index < -0.39 is 26.5 Å². The SMILES string of the molecule is CC/C=C\C/C=C\C/C=C\C/C=C\C/C=C\C/C=C\C/C=C\C/C=C\CCCCCCCCCCC(=O)OC(COC(=O)CCCCCCCCCCCCCCCCCCC/C=C\CCCCCCCCCC)COP(=O)([O-])OCC[N+](C)(C)C. The van der Waals surface area contributed by atoms with E-state index in [0.29, 0.717) is 17.4 Å². The number of nitrogens with zero attached hydrogens (tertiary/aromatic N) is 1. The van der Waals surface area contributed by atoms with Crippen molar-refractivity contribution in [1.29, 1.82) is 0 Å². The number of rotatable bonds is 65. The molecule has 2 unspecified atom stereocenters. The molecular formula is C76H134NO8P. The third kappa shape index (κ3) is 69.8. The standard InChI is InChI=1S/C76H134NO8P/c1-6-8-10-12-14-16-18-20-22-24-26-28-30-32-34-36-37-38-39-41-43-45-47-49-51-53-55-57-59-61-63-65-67-69-76(79)85-74(73-84-86(80,81)83-71-70-77(3,4)5)72-82-75(78)68-66-64-62-60-58-56-54-52-50-48-46-44-42-40-35-33-31-29-27-25-23-21-19-17-15-13-11-9-7-2/h8,10,14,16,20,22,25-28,32,34,37-38,41,43,47,49,74H,6-7,9,11-13,15,17-19,21,23-24,29-31,33,35-36,39-40,42,44-46,48,50-73H2,1-5H3/b10-8-,16-14-,22-20-,27-25-,28-26-,34-32-,38-37-,43-41-,49-47-. The van der Waals surface area contributed by atoms with Crippen LogP contribution in [0.5, 0.6) is 0 Å². The number of unbranched alkanes of at least 4 members (excludes halogenated alkanes) is 33. The fraction of sp³-hybridized carbons (Fsp3) is 0.737. The van der Waals surface area contributed by atoms with Crippen LogP contribution < -0.4 is 4.89 Å². The third-order valence-electron chi connectivity index (χ3n) is 15.3. The highest BCUT2D eigenvalue weighted by Gasteiger charge is 2.22. The Morgan fingerprint density at radius 1 is 0.372 bits per heavy atom. The van der Waals surface area contributed by atoms with Crippen molar-refractivity contribution >= 4 is 19.8 Å². The quantitative estimate of drug-likeness (QED) is 0.0195. The summed E-state index contributed by atoms with van der Waals surface area (Å²) in [5.74, 6) is -0.838. The van der Waals surface area contributed by atoms with Crippen molar-refractivity contribution in [3.8, 4) is 0 Å². The predicted molar refractivity (Wildman–Crippen MR) is 369 cm³/mol. The predicted octanol–water partition coefficient (Wildman–Crippen LogP) is 22.6. The molecule has 0 saturated heterocycles. The van der Waals surface area contributed by atoms with Crippen LogP contribution in [0.2, 0.25) is 0 Å². The minimum Gasteiger partial charge on any atom is -0.756 e. The first kappa shape index (κ1) is 82.7. The molecule has 0 fully saturated rings. The maximum Gasteiger partial charge on any atom is 0.306 e. The first-order valence-electron chi connectivity index (χ1n) is 35.6. The lowest BCUT2D eigenvalue weighted by molar-refractivity contribution is -0.870. The largest absolute Gasteiger partial charge is 0.756 e. The van der Waals surface area contributed by atoms with E-state index in [1.54, 1.807) is 0 Å². The summed E-state index contributed by atoms with van der Waals surface area (Å²) < 4.78 is 34.3. The Kier molecular flexibility index (Phi) is 63.5. The van der Waals surface area contributed by atoms with E-state index in [2.05, 4.69) is 123 Å². The van der Waals surface area contributed by atoms with Gasteiger partial charge >= 0.3 is 11.9 Å². The van der Waals surface area contributed by atoms with Crippen molar-refractivity contribution in [3.05, 3.63) is 109 Å². The zero-order valence-corrected chi connectivity index (χ0v) is 57.4. The summed E-state index contributed by atoms with van der Waals surface area (Å²) in [7, 11) is 1.16. The molecule has 9 nitrogen and oxygen atoms in total. The van der Waals surface area contributed by atoms with Gasteiger partial charge in [-0.25, -0.2) is 0 Å². The summed E-state index contributed by atoms with van der Waals surface area (Å²) in [5, 5.41) is 0. The Hall–Kier alpha value is -3.33. The monoisotopic (exact) mass is 1220 g/mol. The maximum atomic E-state index is 12.9. The number of allylic oxidation sites excluding steroid dienone is 18. The Morgan fingerprint density at radius 3 is 1.00 bits per heavy atom. The minimum atomic E-state index is -4.65. The fourth-order valence-electron chi connectivity index (χ4n) is 9.85. The molecule has 86 heavy (non-hydrogen) atoms. The normalized spacial score (nSPS) is 13.8. The van der Waals surface area contributed by atoms with Crippen molar-refractivity contribution in [2.24, 2.45) is 0 Å². The highest BCUT2D eigenvalue weighted by atomic mass is 31.2. The summed E-state index contributed by atoms with van der Waals surface area (Å²) in [5.41, 5.74) is 0. The second-order valence-corrected chi connectivity index (χ2v) is 26.3. The molecular weight excluding hydrogens is 1090 g/mol. The molecule has 0 aromatic rings. The molecule has 0 bridgehead atoms. The number of hydrogen-bond acceptors (Lipinski definition) is 8. The van der Waals surface area contributed by atoms with Crippen LogP contribution in [0.3, 0.4) is 0 Å². The maximum absolute atomic E-state index is 12.9. The highest BCUT2D eigenvalue weighted by molar-refractivity contribution is 7.45.